The predicted molar refractivity (Wildman–Crippen MR) is 96.2 cm³/mol. The van der Waals surface area contributed by atoms with Gasteiger partial charge in [-0.15, -0.1) is 6.58 Å². The zero-order chi connectivity index (χ0) is 20.5. The Morgan fingerprint density at radius 1 is 1.29 bits per heavy atom. The van der Waals surface area contributed by atoms with Gasteiger partial charge in [-0.3, -0.25) is 14.4 Å². The van der Waals surface area contributed by atoms with E-state index in [1.165, 1.54) is 14.2 Å². The molecule has 1 saturated heterocycles. The largest absolute Gasteiger partial charge is 0.469 e. The van der Waals surface area contributed by atoms with Crippen LogP contribution in [0.1, 0.15) is 26.7 Å². The molecule has 2 fully saturated rings. The molecule has 7 heteroatoms. The van der Waals surface area contributed by atoms with Crippen LogP contribution in [0.25, 0.3) is 0 Å². The number of allylic oxidation sites excluding steroid dienone is 1. The van der Waals surface area contributed by atoms with Gasteiger partial charge in [0.25, 0.3) is 5.95 Å². The number of cyclic esters (lactones) is 1. The van der Waals surface area contributed by atoms with Gasteiger partial charge in [-0.1, -0.05) is 19.1 Å². The molecule has 1 spiro atoms. The van der Waals surface area contributed by atoms with Crippen LogP contribution in [-0.2, 0) is 33.3 Å². The molecule has 3 aliphatic heterocycles. The molecule has 0 aromatic rings. The van der Waals surface area contributed by atoms with E-state index in [4.69, 9.17) is 18.9 Å². The van der Waals surface area contributed by atoms with E-state index >= 15 is 0 Å². The summed E-state index contributed by atoms with van der Waals surface area (Å²) < 4.78 is 21.8. The molecule has 5 aliphatic rings. The highest BCUT2D eigenvalue weighted by Gasteiger charge is 2.76. The Balaban J connectivity index is 2.05. The first-order valence-corrected chi connectivity index (χ1v) is 9.33. The van der Waals surface area contributed by atoms with Gasteiger partial charge in [-0.2, -0.15) is 0 Å². The summed E-state index contributed by atoms with van der Waals surface area (Å²) in [7, 11) is 2.71. The molecule has 2 unspecified atom stereocenters. The molecule has 28 heavy (non-hydrogen) atoms. The second-order valence-corrected chi connectivity index (χ2v) is 8.41. The van der Waals surface area contributed by atoms with E-state index in [1.54, 1.807) is 25.2 Å². The average Bonchev–Trinajstić information content (AvgIpc) is 2.79. The number of ether oxygens (including phenoxy) is 4. The Kier molecular flexibility index (Phi) is 3.83. The van der Waals surface area contributed by atoms with Crippen LogP contribution in [0.2, 0.25) is 0 Å². The van der Waals surface area contributed by atoms with Crippen LogP contribution in [0, 0.1) is 28.6 Å². The Morgan fingerprint density at radius 3 is 2.61 bits per heavy atom. The van der Waals surface area contributed by atoms with Crippen molar-refractivity contribution < 1.29 is 33.3 Å². The molecule has 0 radical (unpaired) electrons. The van der Waals surface area contributed by atoms with Gasteiger partial charge in [-0.25, -0.2) is 0 Å². The molecule has 0 aromatic carbocycles. The van der Waals surface area contributed by atoms with Crippen LogP contribution in [0.15, 0.2) is 36.3 Å². The maximum absolute atomic E-state index is 13.2. The van der Waals surface area contributed by atoms with Crippen molar-refractivity contribution in [2.75, 3.05) is 14.2 Å². The minimum Gasteiger partial charge on any atom is -0.469 e. The summed E-state index contributed by atoms with van der Waals surface area (Å²) in [6.07, 6.45) is 6.17. The van der Waals surface area contributed by atoms with Gasteiger partial charge in [0.1, 0.15) is 5.92 Å². The number of hydrogen-bond donors (Lipinski definition) is 0. The van der Waals surface area contributed by atoms with Gasteiger partial charge in [0, 0.05) is 23.0 Å². The standard InChI is InChI=1S/C21H24O7/c1-6-19(2)8-7-13-20(3,18(24)26-5)12-9-11-10-14(25-4)27-17(23)15(19)21(11,13)28-16(12)22/h6,9-10,12-13,15H,1,7-8H2,2-5H3/t12?,13?,15-,19+,20+,21+/m0/s1. The van der Waals surface area contributed by atoms with Crippen molar-refractivity contribution >= 4 is 17.9 Å². The van der Waals surface area contributed by atoms with Crippen molar-refractivity contribution in [3.05, 3.63) is 36.3 Å². The molecule has 1 saturated carbocycles. The summed E-state index contributed by atoms with van der Waals surface area (Å²) >= 11 is 0. The van der Waals surface area contributed by atoms with E-state index in [2.05, 4.69) is 6.58 Å². The van der Waals surface area contributed by atoms with Crippen molar-refractivity contribution in [1.82, 2.24) is 0 Å². The number of methoxy groups -OCH3 is 2. The molecular weight excluding hydrogens is 364 g/mol. The molecule has 0 amide bonds. The van der Waals surface area contributed by atoms with Crippen molar-refractivity contribution in [2.24, 2.45) is 28.6 Å². The summed E-state index contributed by atoms with van der Waals surface area (Å²) in [5.41, 5.74) is -2.54. The number of rotatable bonds is 3. The van der Waals surface area contributed by atoms with Gasteiger partial charge in [0.15, 0.2) is 5.60 Å². The fourth-order valence-electron chi connectivity index (χ4n) is 5.78. The predicted octanol–water partition coefficient (Wildman–Crippen LogP) is 2.28. The number of carbonyl (C=O) groups excluding carboxylic acids is 3. The molecule has 2 bridgehead atoms. The molecule has 0 N–H and O–H groups in total. The number of hydrogen-bond acceptors (Lipinski definition) is 7. The van der Waals surface area contributed by atoms with E-state index < -0.39 is 52.1 Å². The minimum atomic E-state index is -1.34. The lowest BCUT2D eigenvalue weighted by atomic mass is 9.43. The topological polar surface area (TPSA) is 88.1 Å². The lowest BCUT2D eigenvalue weighted by Crippen LogP contribution is -2.72. The molecule has 5 rings (SSSR count). The molecule has 150 valence electrons. The first-order chi connectivity index (χ1) is 13.2. The molecule has 3 heterocycles. The summed E-state index contributed by atoms with van der Waals surface area (Å²) in [6, 6.07) is 0. The Hall–Kier alpha value is -2.57. The van der Waals surface area contributed by atoms with Gasteiger partial charge in [0.2, 0.25) is 0 Å². The first kappa shape index (κ1) is 18.8. The monoisotopic (exact) mass is 388 g/mol. The maximum Gasteiger partial charge on any atom is 0.322 e. The fourth-order valence-corrected chi connectivity index (χ4v) is 5.78. The van der Waals surface area contributed by atoms with E-state index in [1.807, 2.05) is 6.92 Å². The molecule has 2 aliphatic carbocycles. The van der Waals surface area contributed by atoms with Crippen molar-refractivity contribution in [3.63, 3.8) is 0 Å². The zero-order valence-corrected chi connectivity index (χ0v) is 16.4. The quantitative estimate of drug-likeness (QED) is 0.416. The number of fused-ring (bicyclic) bond motifs is 1. The van der Waals surface area contributed by atoms with Gasteiger partial charge >= 0.3 is 17.9 Å². The van der Waals surface area contributed by atoms with Crippen LogP contribution in [0.4, 0.5) is 0 Å². The van der Waals surface area contributed by atoms with Crippen LogP contribution >= 0.6 is 0 Å². The lowest BCUT2D eigenvalue weighted by Gasteiger charge is -2.63. The van der Waals surface area contributed by atoms with Gasteiger partial charge < -0.3 is 18.9 Å². The molecule has 7 nitrogen and oxygen atoms in total. The van der Waals surface area contributed by atoms with Crippen molar-refractivity contribution in [1.29, 1.82) is 0 Å². The highest BCUT2D eigenvalue weighted by Crippen LogP contribution is 2.67. The molecule has 6 atom stereocenters. The lowest BCUT2D eigenvalue weighted by molar-refractivity contribution is -0.239. The van der Waals surface area contributed by atoms with Crippen LogP contribution in [0.3, 0.4) is 0 Å². The second-order valence-electron chi connectivity index (χ2n) is 8.41. The summed E-state index contributed by atoms with van der Waals surface area (Å²) in [5.74, 6) is -3.65. The van der Waals surface area contributed by atoms with Crippen LogP contribution < -0.4 is 0 Å². The summed E-state index contributed by atoms with van der Waals surface area (Å²) in [5, 5.41) is 0. The van der Waals surface area contributed by atoms with Crippen LogP contribution in [-0.4, -0.2) is 37.7 Å². The van der Waals surface area contributed by atoms with Crippen molar-refractivity contribution in [2.45, 2.75) is 32.3 Å². The fraction of sp³-hybridized carbons (Fsp3) is 0.571. The zero-order valence-electron chi connectivity index (χ0n) is 16.4. The molecular formula is C21H24O7. The maximum atomic E-state index is 13.2. The second kappa shape index (κ2) is 5.72. The molecule has 0 aromatic heterocycles. The minimum absolute atomic E-state index is 0.0357. The van der Waals surface area contributed by atoms with Gasteiger partial charge in [-0.05, 0) is 19.8 Å². The van der Waals surface area contributed by atoms with Crippen molar-refractivity contribution in [3.8, 4) is 0 Å². The van der Waals surface area contributed by atoms with E-state index in [-0.39, 0.29) is 5.95 Å². The SMILES string of the molecule is C=C[C@]1(C)CCC2[C@](C)(C(=O)OC)C3C=C4C=C(OC)OC(=O)[C@@H]1[C@@]42OC3=O. The third-order valence-electron chi connectivity index (χ3n) is 7.27. The normalized spacial score (nSPS) is 43.5. The third kappa shape index (κ3) is 1.97. The highest BCUT2D eigenvalue weighted by molar-refractivity contribution is 5.92. The smallest absolute Gasteiger partial charge is 0.322 e. The third-order valence-corrected chi connectivity index (χ3v) is 7.27. The van der Waals surface area contributed by atoms with E-state index in [9.17, 15) is 14.4 Å². The van der Waals surface area contributed by atoms with Gasteiger partial charge in [0.05, 0.1) is 25.6 Å². The Labute approximate surface area is 163 Å². The van der Waals surface area contributed by atoms with E-state index in [0.29, 0.717) is 18.4 Å². The van der Waals surface area contributed by atoms with E-state index in [0.717, 1.165) is 0 Å². The summed E-state index contributed by atoms with van der Waals surface area (Å²) in [6.45, 7) is 7.55. The average molecular weight is 388 g/mol. The van der Waals surface area contributed by atoms with Crippen LogP contribution in [0.5, 0.6) is 0 Å². The number of esters is 3. The number of carbonyl (C=O) groups is 3. The highest BCUT2D eigenvalue weighted by atomic mass is 16.7. The summed E-state index contributed by atoms with van der Waals surface area (Å²) in [4.78, 5) is 39.1. The first-order valence-electron chi connectivity index (χ1n) is 9.33. The Bertz CT molecular complexity index is 855. The Morgan fingerprint density at radius 2 is 2.00 bits per heavy atom.